The van der Waals surface area contributed by atoms with Gasteiger partial charge in [0.15, 0.2) is 0 Å². The average molecular weight is 216 g/mol. The quantitative estimate of drug-likeness (QED) is 0.788. The fraction of sp³-hybridized carbons (Fsp3) is 0.400. The molecule has 2 N–H and O–H groups in total. The van der Waals surface area contributed by atoms with Gasteiger partial charge in [-0.2, -0.15) is 0 Å². The molecule has 0 saturated carbocycles. The van der Waals surface area contributed by atoms with Gasteiger partial charge >= 0.3 is 0 Å². The molecule has 0 aliphatic rings. The van der Waals surface area contributed by atoms with E-state index >= 15 is 0 Å². The van der Waals surface area contributed by atoms with E-state index in [-0.39, 0.29) is 0 Å². The monoisotopic (exact) mass is 215 g/mol. The van der Waals surface area contributed by atoms with Crippen molar-refractivity contribution < 1.29 is 9.57 Å². The minimum atomic E-state index is -0.615. The van der Waals surface area contributed by atoms with Crippen LogP contribution >= 0.6 is 11.6 Å². The van der Waals surface area contributed by atoms with E-state index in [0.717, 1.165) is 5.56 Å². The van der Waals surface area contributed by atoms with Gasteiger partial charge in [-0.05, 0) is 19.9 Å². The molecule has 1 aromatic carbocycles. The fourth-order valence-corrected chi connectivity index (χ4v) is 1.51. The Morgan fingerprint density at radius 1 is 1.36 bits per heavy atom. The van der Waals surface area contributed by atoms with Crippen molar-refractivity contribution in [2.24, 2.45) is 5.90 Å². The summed E-state index contributed by atoms with van der Waals surface area (Å²) in [6.45, 7) is 3.70. The van der Waals surface area contributed by atoms with Crippen LogP contribution < -0.4 is 10.6 Å². The van der Waals surface area contributed by atoms with Crippen molar-refractivity contribution in [3.63, 3.8) is 0 Å². The minimum Gasteiger partial charge on any atom is -0.495 e. The van der Waals surface area contributed by atoms with Crippen LogP contribution in [0.1, 0.15) is 19.4 Å². The second-order valence-corrected chi connectivity index (χ2v) is 3.86. The third-order valence-corrected chi connectivity index (χ3v) is 2.41. The van der Waals surface area contributed by atoms with Crippen molar-refractivity contribution in [1.29, 1.82) is 0 Å². The summed E-state index contributed by atoms with van der Waals surface area (Å²) < 4.78 is 5.20. The van der Waals surface area contributed by atoms with Crippen molar-refractivity contribution in [2.45, 2.75) is 19.4 Å². The highest BCUT2D eigenvalue weighted by atomic mass is 35.5. The van der Waals surface area contributed by atoms with Crippen LogP contribution in [0.5, 0.6) is 5.75 Å². The molecule has 0 amide bonds. The lowest BCUT2D eigenvalue weighted by Gasteiger charge is -2.24. The largest absolute Gasteiger partial charge is 0.495 e. The van der Waals surface area contributed by atoms with Gasteiger partial charge in [0.1, 0.15) is 11.4 Å². The van der Waals surface area contributed by atoms with Crippen LogP contribution in [0, 0.1) is 0 Å². The summed E-state index contributed by atoms with van der Waals surface area (Å²) in [6.07, 6.45) is 0. The fourth-order valence-electron chi connectivity index (χ4n) is 1.25. The van der Waals surface area contributed by atoms with Crippen molar-refractivity contribution in [1.82, 2.24) is 0 Å². The molecule has 3 nitrogen and oxygen atoms in total. The van der Waals surface area contributed by atoms with E-state index in [0.29, 0.717) is 10.8 Å². The molecule has 0 atom stereocenters. The second-order valence-electron chi connectivity index (χ2n) is 3.45. The first kappa shape index (κ1) is 11.3. The smallest absolute Gasteiger partial charge is 0.143 e. The molecule has 0 aromatic heterocycles. The van der Waals surface area contributed by atoms with Crippen molar-refractivity contribution in [3.05, 3.63) is 28.8 Å². The highest BCUT2D eigenvalue weighted by molar-refractivity contribution is 6.32. The average Bonchev–Trinajstić information content (AvgIpc) is 2.17. The van der Waals surface area contributed by atoms with Gasteiger partial charge < -0.3 is 4.74 Å². The summed E-state index contributed by atoms with van der Waals surface area (Å²) in [6, 6.07) is 5.47. The first-order valence-electron chi connectivity index (χ1n) is 4.24. The van der Waals surface area contributed by atoms with Gasteiger partial charge in [-0.3, -0.25) is 4.84 Å². The number of methoxy groups -OCH3 is 1. The van der Waals surface area contributed by atoms with Gasteiger partial charge in [-0.15, -0.1) is 0 Å². The van der Waals surface area contributed by atoms with Crippen molar-refractivity contribution in [3.8, 4) is 5.75 Å². The Hall–Kier alpha value is -0.770. The molecule has 1 rings (SSSR count). The Morgan fingerprint density at radius 2 is 2.00 bits per heavy atom. The molecule has 0 aliphatic heterocycles. The highest BCUT2D eigenvalue weighted by Gasteiger charge is 2.25. The first-order valence-corrected chi connectivity index (χ1v) is 4.61. The van der Waals surface area contributed by atoms with Gasteiger partial charge in [0.2, 0.25) is 0 Å². The maximum absolute atomic E-state index is 5.97. The molecule has 14 heavy (non-hydrogen) atoms. The molecule has 4 heteroatoms. The lowest BCUT2D eigenvalue weighted by Crippen LogP contribution is -2.25. The summed E-state index contributed by atoms with van der Waals surface area (Å²) in [7, 11) is 1.57. The Balaban J connectivity index is 3.27. The van der Waals surface area contributed by atoms with Gasteiger partial charge in [0, 0.05) is 5.56 Å². The van der Waals surface area contributed by atoms with Crippen LogP contribution in [0.2, 0.25) is 5.02 Å². The third-order valence-electron chi connectivity index (χ3n) is 2.11. The topological polar surface area (TPSA) is 44.5 Å². The number of hydrogen-bond donors (Lipinski definition) is 1. The number of benzene rings is 1. The lowest BCUT2D eigenvalue weighted by atomic mass is 9.97. The number of halogens is 1. The molecule has 0 radical (unpaired) electrons. The molecule has 1 aromatic rings. The van der Waals surface area contributed by atoms with Gasteiger partial charge in [0.05, 0.1) is 12.1 Å². The van der Waals surface area contributed by atoms with Crippen LogP contribution in [0.3, 0.4) is 0 Å². The molecule has 78 valence electrons. The molecule has 0 heterocycles. The molecule has 0 bridgehead atoms. The summed E-state index contributed by atoms with van der Waals surface area (Å²) >= 11 is 5.97. The Bertz CT molecular complexity index is 326. The van der Waals surface area contributed by atoms with Crippen molar-refractivity contribution >= 4 is 11.6 Å². The molecule has 0 saturated heterocycles. The van der Waals surface area contributed by atoms with Gasteiger partial charge in [-0.1, -0.05) is 23.7 Å². The Morgan fingerprint density at radius 3 is 2.50 bits per heavy atom. The molecule has 0 aliphatic carbocycles. The van der Waals surface area contributed by atoms with E-state index in [1.54, 1.807) is 13.2 Å². The predicted molar refractivity (Wildman–Crippen MR) is 56.3 cm³/mol. The number of para-hydroxylation sites is 1. The zero-order chi connectivity index (χ0) is 10.8. The van der Waals surface area contributed by atoms with Crippen LogP contribution in [0.4, 0.5) is 0 Å². The second kappa shape index (κ2) is 4.17. The molecule has 0 spiro atoms. The van der Waals surface area contributed by atoms with Crippen LogP contribution in [0.15, 0.2) is 18.2 Å². The number of nitrogens with two attached hydrogens (primary N) is 1. The van der Waals surface area contributed by atoms with E-state index in [9.17, 15) is 0 Å². The van der Waals surface area contributed by atoms with E-state index in [1.807, 2.05) is 26.0 Å². The standard InChI is InChI=1S/C10H14ClNO2/c1-10(2,14-12)7-5-4-6-8(11)9(7)13-3/h4-6H,12H2,1-3H3. The maximum atomic E-state index is 5.97. The molecular formula is C10H14ClNO2. The van der Waals surface area contributed by atoms with Gasteiger partial charge in [0.25, 0.3) is 0 Å². The van der Waals surface area contributed by atoms with Crippen molar-refractivity contribution in [2.75, 3.05) is 7.11 Å². The normalized spacial score (nSPS) is 11.5. The Kier molecular flexibility index (Phi) is 3.37. The van der Waals surface area contributed by atoms with E-state index in [4.69, 9.17) is 27.1 Å². The minimum absolute atomic E-state index is 0.551. The predicted octanol–water partition coefficient (Wildman–Crippen LogP) is 2.47. The summed E-state index contributed by atoms with van der Waals surface area (Å²) in [5.41, 5.74) is 0.214. The van der Waals surface area contributed by atoms with Crippen LogP contribution in [0.25, 0.3) is 0 Å². The SMILES string of the molecule is COc1c(Cl)cccc1C(C)(C)ON. The zero-order valence-corrected chi connectivity index (χ0v) is 9.26. The maximum Gasteiger partial charge on any atom is 0.143 e. The molecule has 0 unspecified atom stereocenters. The molecular weight excluding hydrogens is 202 g/mol. The number of hydrogen-bond acceptors (Lipinski definition) is 3. The van der Waals surface area contributed by atoms with Crippen LogP contribution in [-0.2, 0) is 10.4 Å². The van der Waals surface area contributed by atoms with Crippen LogP contribution in [-0.4, -0.2) is 7.11 Å². The van der Waals surface area contributed by atoms with Gasteiger partial charge in [-0.25, -0.2) is 5.90 Å². The van der Waals surface area contributed by atoms with E-state index in [2.05, 4.69) is 0 Å². The summed E-state index contributed by atoms with van der Waals surface area (Å²) in [5.74, 6) is 5.81. The van der Waals surface area contributed by atoms with E-state index < -0.39 is 5.60 Å². The lowest BCUT2D eigenvalue weighted by molar-refractivity contribution is -0.0250. The molecule has 0 fully saturated rings. The number of ether oxygens (including phenoxy) is 1. The summed E-state index contributed by atoms with van der Waals surface area (Å²) in [4.78, 5) is 4.88. The Labute approximate surface area is 88.7 Å². The third kappa shape index (κ3) is 2.00. The van der Waals surface area contributed by atoms with E-state index in [1.165, 1.54) is 0 Å². The number of rotatable bonds is 3. The summed E-state index contributed by atoms with van der Waals surface area (Å²) in [5, 5.41) is 0.551. The first-order chi connectivity index (χ1) is 6.53. The zero-order valence-electron chi connectivity index (χ0n) is 8.50. The highest BCUT2D eigenvalue weighted by Crippen LogP contribution is 2.36.